The second-order valence-electron chi connectivity index (χ2n) is 2.80. The summed E-state index contributed by atoms with van der Waals surface area (Å²) in [5.74, 6) is 0.714. The van der Waals surface area contributed by atoms with Crippen molar-refractivity contribution >= 4 is 24.4 Å². The molecule has 1 aromatic rings. The van der Waals surface area contributed by atoms with E-state index in [0.717, 1.165) is 5.56 Å². The van der Waals surface area contributed by atoms with Gasteiger partial charge in [0.2, 0.25) is 0 Å². The Morgan fingerprint density at radius 3 is 2.46 bits per heavy atom. The van der Waals surface area contributed by atoms with Crippen LogP contribution in [0.4, 0.5) is 0 Å². The van der Waals surface area contributed by atoms with E-state index >= 15 is 0 Å². The van der Waals surface area contributed by atoms with Crippen LogP contribution in [-0.2, 0) is 0 Å². The van der Waals surface area contributed by atoms with Gasteiger partial charge in [-0.25, -0.2) is 0 Å². The van der Waals surface area contributed by atoms with E-state index in [1.54, 1.807) is 11.8 Å². The minimum absolute atomic E-state index is 0.367. The molecule has 0 radical (unpaired) electrons. The highest BCUT2D eigenvalue weighted by atomic mass is 32.2. The van der Waals surface area contributed by atoms with Gasteiger partial charge in [0.05, 0.1) is 6.10 Å². The summed E-state index contributed by atoms with van der Waals surface area (Å²) in [6.07, 6.45) is 2.38. The van der Waals surface area contributed by atoms with E-state index in [1.165, 1.54) is 4.90 Å². The van der Waals surface area contributed by atoms with Crippen molar-refractivity contribution in [3.8, 4) is 0 Å². The molecule has 0 saturated heterocycles. The van der Waals surface area contributed by atoms with Crippen molar-refractivity contribution in [1.29, 1.82) is 0 Å². The minimum Gasteiger partial charge on any atom is -0.388 e. The van der Waals surface area contributed by atoms with Gasteiger partial charge in [0.15, 0.2) is 0 Å². The molecule has 1 unspecified atom stereocenters. The fourth-order valence-corrected chi connectivity index (χ4v) is 1.77. The molecule has 0 amide bonds. The van der Waals surface area contributed by atoms with E-state index in [4.69, 9.17) is 0 Å². The van der Waals surface area contributed by atoms with Gasteiger partial charge < -0.3 is 5.11 Å². The third-order valence-electron chi connectivity index (χ3n) is 1.90. The van der Waals surface area contributed by atoms with Crippen LogP contribution >= 0.6 is 24.4 Å². The summed E-state index contributed by atoms with van der Waals surface area (Å²) in [7, 11) is 0. The van der Waals surface area contributed by atoms with E-state index in [2.05, 4.69) is 12.6 Å². The summed E-state index contributed by atoms with van der Waals surface area (Å²) in [5.41, 5.74) is 0.979. The molecule has 13 heavy (non-hydrogen) atoms. The van der Waals surface area contributed by atoms with Gasteiger partial charge in [0.25, 0.3) is 0 Å². The van der Waals surface area contributed by atoms with Crippen LogP contribution in [0.25, 0.3) is 0 Å². The highest BCUT2D eigenvalue weighted by Gasteiger charge is 2.05. The van der Waals surface area contributed by atoms with Crippen LogP contribution in [0.15, 0.2) is 29.2 Å². The van der Waals surface area contributed by atoms with Gasteiger partial charge in [-0.3, -0.25) is 0 Å². The maximum absolute atomic E-state index is 9.63. The Hall–Kier alpha value is -0.120. The Morgan fingerprint density at radius 1 is 1.38 bits per heavy atom. The van der Waals surface area contributed by atoms with E-state index in [9.17, 15) is 5.11 Å². The van der Waals surface area contributed by atoms with E-state index < -0.39 is 0 Å². The lowest BCUT2D eigenvalue weighted by Crippen LogP contribution is -1.97. The van der Waals surface area contributed by atoms with E-state index in [1.807, 2.05) is 30.5 Å². The lowest BCUT2D eigenvalue weighted by molar-refractivity contribution is 0.175. The molecule has 0 aromatic heterocycles. The number of aliphatic hydroxyl groups is 1. The van der Waals surface area contributed by atoms with Crippen LogP contribution in [0.5, 0.6) is 0 Å². The zero-order chi connectivity index (χ0) is 9.68. The van der Waals surface area contributed by atoms with Crippen LogP contribution in [0.1, 0.15) is 18.1 Å². The highest BCUT2D eigenvalue weighted by molar-refractivity contribution is 7.98. The van der Waals surface area contributed by atoms with Crippen LogP contribution in [0.3, 0.4) is 0 Å². The van der Waals surface area contributed by atoms with Crippen LogP contribution < -0.4 is 0 Å². The summed E-state index contributed by atoms with van der Waals surface area (Å²) < 4.78 is 0. The molecule has 0 spiro atoms. The molecule has 0 fully saturated rings. The molecule has 0 heterocycles. The van der Waals surface area contributed by atoms with Gasteiger partial charge in [-0.15, -0.1) is 11.8 Å². The Bertz CT molecular complexity index is 246. The smallest absolute Gasteiger partial charge is 0.0797 e. The molecular weight excluding hydrogens is 200 g/mol. The normalized spacial score (nSPS) is 12.8. The number of rotatable bonds is 4. The average Bonchev–Trinajstić information content (AvgIpc) is 2.18. The first-order valence-corrected chi connectivity index (χ1v) is 6.06. The Kier molecular flexibility index (Phi) is 4.70. The van der Waals surface area contributed by atoms with E-state index in [-0.39, 0.29) is 6.10 Å². The van der Waals surface area contributed by atoms with Crippen molar-refractivity contribution < 1.29 is 5.11 Å². The highest BCUT2D eigenvalue weighted by Crippen LogP contribution is 2.20. The molecular formula is C10H14OS2. The average molecular weight is 214 g/mol. The Balaban J connectivity index is 2.67. The maximum atomic E-state index is 9.63. The zero-order valence-electron chi connectivity index (χ0n) is 7.60. The summed E-state index contributed by atoms with van der Waals surface area (Å²) in [6.45, 7) is 0. The van der Waals surface area contributed by atoms with Gasteiger partial charge in [-0.2, -0.15) is 12.6 Å². The van der Waals surface area contributed by atoms with Crippen LogP contribution in [-0.4, -0.2) is 17.1 Å². The predicted molar refractivity (Wildman–Crippen MR) is 61.7 cm³/mol. The third kappa shape index (κ3) is 3.25. The molecule has 0 aliphatic heterocycles. The molecule has 3 heteroatoms. The molecule has 1 N–H and O–H groups in total. The van der Waals surface area contributed by atoms with Crippen LogP contribution in [0.2, 0.25) is 0 Å². The quantitative estimate of drug-likeness (QED) is 0.594. The van der Waals surface area contributed by atoms with Crippen molar-refractivity contribution in [1.82, 2.24) is 0 Å². The Morgan fingerprint density at radius 2 is 2.00 bits per heavy atom. The van der Waals surface area contributed by atoms with Gasteiger partial charge in [-0.1, -0.05) is 12.1 Å². The molecule has 1 rings (SSSR count). The number of thiol groups is 1. The molecule has 0 bridgehead atoms. The fraction of sp³-hybridized carbons (Fsp3) is 0.400. The fourth-order valence-electron chi connectivity index (χ4n) is 1.12. The van der Waals surface area contributed by atoms with E-state index in [0.29, 0.717) is 12.2 Å². The second-order valence-corrected chi connectivity index (χ2v) is 4.13. The molecule has 72 valence electrons. The third-order valence-corrected chi connectivity index (χ3v) is 2.90. The molecule has 1 atom stereocenters. The number of hydrogen-bond donors (Lipinski definition) is 2. The Labute approximate surface area is 89.0 Å². The number of hydrogen-bond acceptors (Lipinski definition) is 3. The maximum Gasteiger partial charge on any atom is 0.0797 e. The van der Waals surface area contributed by atoms with Crippen molar-refractivity contribution in [2.45, 2.75) is 17.4 Å². The van der Waals surface area contributed by atoms with Crippen molar-refractivity contribution in [3.05, 3.63) is 29.8 Å². The van der Waals surface area contributed by atoms with Gasteiger partial charge >= 0.3 is 0 Å². The summed E-state index contributed by atoms with van der Waals surface area (Å²) >= 11 is 5.79. The summed E-state index contributed by atoms with van der Waals surface area (Å²) in [5, 5.41) is 9.63. The molecule has 0 aliphatic carbocycles. The standard InChI is InChI=1S/C10H14OS2/c1-13-9-4-2-8(3-5-9)10(11)6-7-12/h2-5,10-12H,6-7H2,1H3. The molecule has 1 nitrogen and oxygen atoms in total. The summed E-state index contributed by atoms with van der Waals surface area (Å²) in [4.78, 5) is 1.22. The second kappa shape index (κ2) is 5.58. The lowest BCUT2D eigenvalue weighted by atomic mass is 10.1. The number of benzene rings is 1. The van der Waals surface area contributed by atoms with Gasteiger partial charge in [0, 0.05) is 4.90 Å². The number of aliphatic hydroxyl groups excluding tert-OH is 1. The monoisotopic (exact) mass is 214 g/mol. The molecule has 0 aliphatic rings. The molecule has 1 aromatic carbocycles. The SMILES string of the molecule is CSc1ccc(C(O)CCS)cc1. The first-order valence-electron chi connectivity index (χ1n) is 4.21. The van der Waals surface area contributed by atoms with Crippen molar-refractivity contribution in [3.63, 3.8) is 0 Å². The zero-order valence-corrected chi connectivity index (χ0v) is 9.31. The molecule has 0 saturated carbocycles. The summed E-state index contributed by atoms with van der Waals surface area (Å²) in [6, 6.07) is 8.00. The lowest BCUT2D eigenvalue weighted by Gasteiger charge is -2.09. The largest absolute Gasteiger partial charge is 0.388 e. The van der Waals surface area contributed by atoms with Gasteiger partial charge in [-0.05, 0) is 36.1 Å². The first-order chi connectivity index (χ1) is 6.27. The predicted octanol–water partition coefficient (Wildman–Crippen LogP) is 2.76. The first kappa shape index (κ1) is 11.0. The van der Waals surface area contributed by atoms with Gasteiger partial charge in [0.1, 0.15) is 0 Å². The van der Waals surface area contributed by atoms with Crippen molar-refractivity contribution in [2.24, 2.45) is 0 Å². The van der Waals surface area contributed by atoms with Crippen molar-refractivity contribution in [2.75, 3.05) is 12.0 Å². The minimum atomic E-state index is -0.367. The topological polar surface area (TPSA) is 20.2 Å². The van der Waals surface area contributed by atoms with Crippen LogP contribution in [0, 0.1) is 0 Å². The number of thioether (sulfide) groups is 1.